The van der Waals surface area contributed by atoms with Crippen LogP contribution in [0.3, 0.4) is 0 Å². The normalized spacial score (nSPS) is 15.5. The zero-order valence-corrected chi connectivity index (χ0v) is 13.0. The van der Waals surface area contributed by atoms with Crippen LogP contribution in [0, 0.1) is 5.82 Å². The van der Waals surface area contributed by atoms with Crippen molar-refractivity contribution in [2.45, 2.75) is 25.8 Å². The van der Waals surface area contributed by atoms with Crippen LogP contribution in [-0.4, -0.2) is 42.6 Å². The topological polar surface area (TPSA) is 58.6 Å². The molecule has 0 spiro atoms. The lowest BCUT2D eigenvalue weighted by molar-refractivity contribution is 0.0860. The second-order valence-corrected chi connectivity index (χ2v) is 5.47. The van der Waals surface area contributed by atoms with Crippen LogP contribution in [0.2, 0.25) is 5.02 Å². The Morgan fingerprint density at radius 3 is 2.68 bits per heavy atom. The smallest absolute Gasteiger partial charge is 0.409 e. The van der Waals surface area contributed by atoms with Crippen molar-refractivity contribution >= 4 is 23.6 Å². The summed E-state index contributed by atoms with van der Waals surface area (Å²) in [5.74, 6) is -0.816. The molecule has 5 nitrogen and oxygen atoms in total. The van der Waals surface area contributed by atoms with Gasteiger partial charge in [0.05, 0.1) is 17.2 Å². The number of rotatable bonds is 3. The number of ether oxygens (including phenoxy) is 1. The number of benzene rings is 1. The molecule has 0 unspecified atom stereocenters. The molecule has 0 aliphatic carbocycles. The van der Waals surface area contributed by atoms with Gasteiger partial charge in [0.15, 0.2) is 0 Å². The summed E-state index contributed by atoms with van der Waals surface area (Å²) in [4.78, 5) is 25.4. The lowest BCUT2D eigenvalue weighted by atomic mass is 10.0. The van der Waals surface area contributed by atoms with Crippen LogP contribution in [0.15, 0.2) is 18.2 Å². The SMILES string of the molecule is CCOC(=O)N1CCC(NC(=O)c2ccc(F)cc2Cl)CC1. The summed E-state index contributed by atoms with van der Waals surface area (Å²) in [6.07, 6.45) is 0.959. The molecule has 1 aliphatic rings. The molecule has 0 atom stereocenters. The maximum Gasteiger partial charge on any atom is 0.409 e. The van der Waals surface area contributed by atoms with Crippen molar-refractivity contribution in [1.29, 1.82) is 0 Å². The minimum absolute atomic E-state index is 0.0423. The van der Waals surface area contributed by atoms with E-state index in [-0.39, 0.29) is 28.6 Å². The van der Waals surface area contributed by atoms with E-state index in [9.17, 15) is 14.0 Å². The van der Waals surface area contributed by atoms with E-state index in [2.05, 4.69) is 5.32 Å². The van der Waals surface area contributed by atoms with Crippen LogP contribution in [0.1, 0.15) is 30.1 Å². The van der Waals surface area contributed by atoms with Crippen molar-refractivity contribution in [3.05, 3.63) is 34.6 Å². The summed E-state index contributed by atoms with van der Waals surface area (Å²) in [5, 5.41) is 2.95. The van der Waals surface area contributed by atoms with Gasteiger partial charge in [-0.15, -0.1) is 0 Å². The molecular formula is C15H18ClFN2O3. The van der Waals surface area contributed by atoms with Gasteiger partial charge < -0.3 is 15.0 Å². The van der Waals surface area contributed by atoms with Gasteiger partial charge in [0, 0.05) is 19.1 Å². The van der Waals surface area contributed by atoms with Crippen molar-refractivity contribution < 1.29 is 18.7 Å². The second kappa shape index (κ2) is 7.45. The summed E-state index contributed by atoms with van der Waals surface area (Å²) < 4.78 is 17.9. The van der Waals surface area contributed by atoms with E-state index in [1.54, 1.807) is 11.8 Å². The molecule has 0 bridgehead atoms. The third-order valence-electron chi connectivity index (χ3n) is 3.53. The van der Waals surface area contributed by atoms with Crippen LogP contribution >= 0.6 is 11.6 Å². The van der Waals surface area contributed by atoms with E-state index in [0.29, 0.717) is 32.5 Å². The highest BCUT2D eigenvalue weighted by molar-refractivity contribution is 6.33. The van der Waals surface area contributed by atoms with Crippen molar-refractivity contribution in [3.8, 4) is 0 Å². The van der Waals surface area contributed by atoms with Gasteiger partial charge in [0.25, 0.3) is 5.91 Å². The number of carbonyl (C=O) groups is 2. The van der Waals surface area contributed by atoms with E-state index in [0.717, 1.165) is 6.07 Å². The maximum atomic E-state index is 13.0. The van der Waals surface area contributed by atoms with Gasteiger partial charge in [0.1, 0.15) is 5.82 Å². The first-order valence-corrected chi connectivity index (χ1v) is 7.56. The fraction of sp³-hybridized carbons (Fsp3) is 0.467. The fourth-order valence-corrected chi connectivity index (χ4v) is 2.61. The van der Waals surface area contributed by atoms with Crippen molar-refractivity contribution in [2.75, 3.05) is 19.7 Å². The Balaban J connectivity index is 1.88. The third-order valence-corrected chi connectivity index (χ3v) is 3.84. The standard InChI is InChI=1S/C15H18ClFN2O3/c1-2-22-15(21)19-7-5-11(6-8-19)18-14(20)12-4-3-10(17)9-13(12)16/h3-4,9,11H,2,5-8H2,1H3,(H,18,20). The Bertz CT molecular complexity index is 560. The molecule has 1 aliphatic heterocycles. The van der Waals surface area contributed by atoms with Crippen LogP contribution in [-0.2, 0) is 4.74 Å². The Morgan fingerprint density at radius 2 is 2.09 bits per heavy atom. The molecule has 1 saturated heterocycles. The van der Waals surface area contributed by atoms with Gasteiger partial charge in [0.2, 0.25) is 0 Å². The quantitative estimate of drug-likeness (QED) is 0.928. The molecule has 0 radical (unpaired) electrons. The largest absolute Gasteiger partial charge is 0.450 e. The predicted molar refractivity (Wildman–Crippen MR) is 80.5 cm³/mol. The summed E-state index contributed by atoms with van der Waals surface area (Å²) >= 11 is 5.87. The van der Waals surface area contributed by atoms with Crippen LogP contribution < -0.4 is 5.32 Å². The number of nitrogens with zero attached hydrogens (tertiary/aromatic N) is 1. The molecule has 1 aromatic rings. The van der Waals surface area contributed by atoms with Crippen LogP contribution in [0.25, 0.3) is 0 Å². The molecular weight excluding hydrogens is 311 g/mol. The lowest BCUT2D eigenvalue weighted by Gasteiger charge is -2.31. The second-order valence-electron chi connectivity index (χ2n) is 5.06. The minimum atomic E-state index is -0.482. The van der Waals surface area contributed by atoms with Crippen LogP contribution in [0.4, 0.5) is 9.18 Å². The average molecular weight is 329 g/mol. The summed E-state index contributed by atoms with van der Waals surface area (Å²) in [6, 6.07) is 3.63. The molecule has 7 heteroatoms. The number of likely N-dealkylation sites (tertiary alicyclic amines) is 1. The van der Waals surface area contributed by atoms with E-state index in [4.69, 9.17) is 16.3 Å². The number of amides is 2. The van der Waals surface area contributed by atoms with Crippen molar-refractivity contribution in [3.63, 3.8) is 0 Å². The first-order valence-electron chi connectivity index (χ1n) is 7.19. The van der Waals surface area contributed by atoms with E-state index in [1.165, 1.54) is 12.1 Å². The first kappa shape index (κ1) is 16.5. The number of carbonyl (C=O) groups excluding carboxylic acids is 2. The zero-order chi connectivity index (χ0) is 16.1. The van der Waals surface area contributed by atoms with Gasteiger partial charge in [-0.3, -0.25) is 4.79 Å². The molecule has 0 saturated carbocycles. The van der Waals surface area contributed by atoms with Crippen LogP contribution in [0.5, 0.6) is 0 Å². The Kier molecular flexibility index (Phi) is 5.60. The molecule has 1 heterocycles. The van der Waals surface area contributed by atoms with E-state index < -0.39 is 5.82 Å². The number of hydrogen-bond acceptors (Lipinski definition) is 3. The Morgan fingerprint density at radius 1 is 1.41 bits per heavy atom. The number of halogens is 2. The number of hydrogen-bond donors (Lipinski definition) is 1. The third kappa shape index (κ3) is 4.10. The zero-order valence-electron chi connectivity index (χ0n) is 12.3. The molecule has 1 fully saturated rings. The van der Waals surface area contributed by atoms with E-state index in [1.807, 2.05) is 0 Å². The Labute approximate surface area is 133 Å². The van der Waals surface area contributed by atoms with Crippen molar-refractivity contribution in [1.82, 2.24) is 10.2 Å². The molecule has 2 rings (SSSR count). The summed E-state index contributed by atoms with van der Waals surface area (Å²) in [5.41, 5.74) is 0.246. The van der Waals surface area contributed by atoms with Crippen molar-refractivity contribution in [2.24, 2.45) is 0 Å². The average Bonchev–Trinajstić information content (AvgIpc) is 2.48. The predicted octanol–water partition coefficient (Wildman–Crippen LogP) is 2.83. The Hall–Kier alpha value is -1.82. The number of nitrogens with one attached hydrogen (secondary N) is 1. The molecule has 0 aromatic heterocycles. The number of piperidine rings is 1. The molecule has 120 valence electrons. The minimum Gasteiger partial charge on any atom is -0.450 e. The maximum absolute atomic E-state index is 13.0. The highest BCUT2D eigenvalue weighted by Crippen LogP contribution is 2.18. The van der Waals surface area contributed by atoms with Gasteiger partial charge in [-0.2, -0.15) is 0 Å². The van der Waals surface area contributed by atoms with Gasteiger partial charge in [-0.05, 0) is 38.0 Å². The van der Waals surface area contributed by atoms with Gasteiger partial charge >= 0.3 is 6.09 Å². The molecule has 22 heavy (non-hydrogen) atoms. The molecule has 2 amide bonds. The molecule has 1 aromatic carbocycles. The summed E-state index contributed by atoms with van der Waals surface area (Å²) in [7, 11) is 0. The highest BCUT2D eigenvalue weighted by Gasteiger charge is 2.25. The van der Waals surface area contributed by atoms with Gasteiger partial charge in [-0.25, -0.2) is 9.18 Å². The van der Waals surface area contributed by atoms with Gasteiger partial charge in [-0.1, -0.05) is 11.6 Å². The molecule has 1 N–H and O–H groups in total. The fourth-order valence-electron chi connectivity index (χ4n) is 2.36. The summed E-state index contributed by atoms with van der Waals surface area (Å²) in [6.45, 7) is 3.16. The lowest BCUT2D eigenvalue weighted by Crippen LogP contribution is -2.46. The monoisotopic (exact) mass is 328 g/mol. The van der Waals surface area contributed by atoms with E-state index >= 15 is 0 Å². The first-order chi connectivity index (χ1) is 10.5. The highest BCUT2D eigenvalue weighted by atomic mass is 35.5.